The molecule has 0 aliphatic carbocycles. The second-order valence-corrected chi connectivity index (χ2v) is 0. The third-order valence-electron chi connectivity index (χ3n) is 0. The van der Waals surface area contributed by atoms with Crippen molar-refractivity contribution in [1.82, 2.24) is 6.15 Å². The molecular weight excluding hydrogens is 72.4 g/mol. The fourth-order valence-corrected chi connectivity index (χ4v) is 0. The molecule has 0 rings (SSSR count). The van der Waals surface area contributed by atoms with E-state index < -0.39 is 0 Å². The Bertz CT molecular complexity index is 8.00. The van der Waals surface area contributed by atoms with Gasteiger partial charge in [-0.15, -0.1) is 0 Å². The molecule has 24 valence electrons. The van der Waals surface area contributed by atoms with Gasteiger partial charge in [-0.3, -0.25) is 0 Å². The molecule has 0 aliphatic rings. The number of hydrogen-bond donors (Lipinski definition) is 1. The van der Waals surface area contributed by atoms with E-state index in [1.807, 2.05) is 0 Å². The summed E-state index contributed by atoms with van der Waals surface area (Å²) in [5.74, 6) is 0. The Hall–Kier alpha value is 0.807. The van der Waals surface area contributed by atoms with E-state index in [0.29, 0.717) is 0 Å². The monoisotopic (exact) mass is 77.0 g/mol. The van der Waals surface area contributed by atoms with E-state index in [1.54, 1.807) is 0 Å². The van der Waals surface area contributed by atoms with Crippen molar-refractivity contribution in [3.8, 4) is 0 Å². The van der Waals surface area contributed by atoms with Crippen molar-refractivity contribution in [2.24, 2.45) is 0 Å². The van der Waals surface area contributed by atoms with Crippen LogP contribution in [0.15, 0.2) is 0 Å². The number of quaternary nitrogens is 1. The Morgan fingerprint density at radius 3 is 1.00 bits per heavy atom. The predicted octanol–water partition coefficient (Wildman–Crippen LogP) is -5.79. The SMILES string of the molecule is [Cl-].[Li+].[NH4+].[OH-]. The van der Waals surface area contributed by atoms with Crippen LogP contribution in [0.25, 0.3) is 0 Å². The zero-order valence-corrected chi connectivity index (χ0v) is 3.58. The summed E-state index contributed by atoms with van der Waals surface area (Å²) in [6, 6.07) is 0. The van der Waals surface area contributed by atoms with Gasteiger partial charge in [0, 0.05) is 0 Å². The molecule has 4 heteroatoms. The molecule has 0 aromatic carbocycles. The first-order chi connectivity index (χ1) is 0. The van der Waals surface area contributed by atoms with Crippen molar-refractivity contribution in [3.63, 3.8) is 0 Å². The van der Waals surface area contributed by atoms with Crippen molar-refractivity contribution in [1.29, 1.82) is 0 Å². The zero-order chi connectivity index (χ0) is 0. The fraction of sp³-hybridized carbons (Fsp3) is 0. The third-order valence-corrected chi connectivity index (χ3v) is 0. The molecule has 0 aromatic rings. The molecule has 0 saturated heterocycles. The molecule has 5 N–H and O–H groups in total. The molecule has 0 aromatic heterocycles. The van der Waals surface area contributed by atoms with E-state index in [4.69, 9.17) is 0 Å². The average molecular weight is 77.4 g/mol. The van der Waals surface area contributed by atoms with E-state index in [2.05, 4.69) is 0 Å². The molecule has 0 radical (unpaired) electrons. The first kappa shape index (κ1) is 107. The summed E-state index contributed by atoms with van der Waals surface area (Å²) in [5, 5.41) is 0. The summed E-state index contributed by atoms with van der Waals surface area (Å²) in [6.07, 6.45) is 0. The van der Waals surface area contributed by atoms with E-state index in [9.17, 15) is 0 Å². The van der Waals surface area contributed by atoms with Gasteiger partial charge >= 0.3 is 18.9 Å². The molecule has 0 atom stereocenters. The van der Waals surface area contributed by atoms with Gasteiger partial charge in [0.25, 0.3) is 0 Å². The second kappa shape index (κ2) is 46.0. The summed E-state index contributed by atoms with van der Waals surface area (Å²) in [5.41, 5.74) is 0. The predicted molar refractivity (Wildman–Crippen MR) is 7.92 cm³/mol. The topological polar surface area (TPSA) is 66.5 Å². The molecular formula is H5ClLiNO. The summed E-state index contributed by atoms with van der Waals surface area (Å²) in [6.45, 7) is 0. The van der Waals surface area contributed by atoms with Crippen LogP contribution >= 0.6 is 0 Å². The van der Waals surface area contributed by atoms with Crippen LogP contribution in [0, 0.1) is 0 Å². The molecule has 0 unspecified atom stereocenters. The van der Waals surface area contributed by atoms with Crippen LogP contribution in [-0.4, -0.2) is 5.48 Å². The van der Waals surface area contributed by atoms with Gasteiger partial charge in [0.05, 0.1) is 0 Å². The van der Waals surface area contributed by atoms with Crippen LogP contribution in [0.2, 0.25) is 0 Å². The normalized spacial score (nSPS) is 0. The van der Waals surface area contributed by atoms with Crippen LogP contribution in [0.4, 0.5) is 0 Å². The van der Waals surface area contributed by atoms with Gasteiger partial charge in [0.15, 0.2) is 0 Å². The van der Waals surface area contributed by atoms with E-state index >= 15 is 0 Å². The quantitative estimate of drug-likeness (QED) is 0.288. The summed E-state index contributed by atoms with van der Waals surface area (Å²) >= 11 is 0. The third kappa shape index (κ3) is 14.1. The van der Waals surface area contributed by atoms with Gasteiger partial charge in [-0.1, -0.05) is 0 Å². The molecule has 2 nitrogen and oxygen atoms in total. The van der Waals surface area contributed by atoms with Crippen LogP contribution in [-0.2, 0) is 0 Å². The minimum atomic E-state index is 0. The molecule has 0 amide bonds. The number of halogens is 1. The Kier molecular flexibility index (Phi) is 1230. The maximum atomic E-state index is 0. The number of rotatable bonds is 0. The van der Waals surface area contributed by atoms with Crippen molar-refractivity contribution in [2.75, 3.05) is 0 Å². The minimum absolute atomic E-state index is 0. The van der Waals surface area contributed by atoms with Crippen molar-refractivity contribution in [2.45, 2.75) is 0 Å². The Morgan fingerprint density at radius 2 is 1.00 bits per heavy atom. The van der Waals surface area contributed by atoms with Crippen molar-refractivity contribution >= 4 is 0 Å². The van der Waals surface area contributed by atoms with Gasteiger partial charge in [-0.05, 0) is 0 Å². The van der Waals surface area contributed by atoms with Gasteiger partial charge in [-0.2, -0.15) is 0 Å². The van der Waals surface area contributed by atoms with Gasteiger partial charge in [0.2, 0.25) is 0 Å². The molecule has 0 saturated carbocycles. The molecule has 4 heavy (non-hydrogen) atoms. The van der Waals surface area contributed by atoms with Crippen LogP contribution in [0.5, 0.6) is 0 Å². The van der Waals surface area contributed by atoms with E-state index in [0.717, 1.165) is 0 Å². The smallest absolute Gasteiger partial charge is 1.00 e. The van der Waals surface area contributed by atoms with E-state index in [1.165, 1.54) is 0 Å². The van der Waals surface area contributed by atoms with Crippen LogP contribution in [0.3, 0.4) is 0 Å². The van der Waals surface area contributed by atoms with Crippen molar-refractivity contribution in [3.05, 3.63) is 0 Å². The molecule has 0 fully saturated rings. The molecule has 0 aliphatic heterocycles. The Balaban J connectivity index is 0. The largest absolute Gasteiger partial charge is 1.00 e. The standard InChI is InChI=1S/ClH.Li.H3N.H2O/h1H;;1H3;1H2/q;+1;;/p-1. The fourth-order valence-electron chi connectivity index (χ4n) is 0. The second-order valence-electron chi connectivity index (χ2n) is 0. The summed E-state index contributed by atoms with van der Waals surface area (Å²) in [7, 11) is 0. The first-order valence-corrected chi connectivity index (χ1v) is 0. The number of hydrogen-bond acceptors (Lipinski definition) is 1. The van der Waals surface area contributed by atoms with Crippen LogP contribution < -0.4 is 37.4 Å². The maximum Gasteiger partial charge on any atom is 1.00 e. The first-order valence-electron chi connectivity index (χ1n) is 0. The summed E-state index contributed by atoms with van der Waals surface area (Å²) < 4.78 is 0. The minimum Gasteiger partial charge on any atom is -1.00 e. The molecule has 0 heterocycles. The van der Waals surface area contributed by atoms with Crippen LogP contribution in [0.1, 0.15) is 0 Å². The maximum absolute atomic E-state index is 0. The average Bonchev–Trinajstić information content (AvgIpc) is 0. The van der Waals surface area contributed by atoms with Gasteiger partial charge < -0.3 is 24.0 Å². The van der Waals surface area contributed by atoms with Gasteiger partial charge in [-0.25, -0.2) is 0 Å². The van der Waals surface area contributed by atoms with Crippen molar-refractivity contribution < 1.29 is 36.7 Å². The Labute approximate surface area is 43.4 Å². The Morgan fingerprint density at radius 1 is 1.00 bits per heavy atom. The molecule has 0 spiro atoms. The van der Waals surface area contributed by atoms with E-state index in [-0.39, 0.29) is 42.9 Å². The summed E-state index contributed by atoms with van der Waals surface area (Å²) in [4.78, 5) is 0. The molecule has 0 bridgehead atoms. The van der Waals surface area contributed by atoms with Gasteiger partial charge in [0.1, 0.15) is 0 Å². The zero-order valence-electron chi connectivity index (χ0n) is 2.83.